The normalized spacial score (nSPS) is 16.4. The molecule has 4 heteroatoms. The maximum absolute atomic E-state index is 13.9. The van der Waals surface area contributed by atoms with E-state index in [2.05, 4.69) is 4.99 Å². The van der Waals surface area contributed by atoms with Crippen LogP contribution in [0.3, 0.4) is 0 Å². The van der Waals surface area contributed by atoms with Crippen LogP contribution in [0.1, 0.15) is 24.0 Å². The Bertz CT molecular complexity index is 474. The van der Waals surface area contributed by atoms with E-state index in [9.17, 15) is 9.18 Å². The average molecular weight is 221 g/mol. The fourth-order valence-corrected chi connectivity index (χ4v) is 1.95. The molecule has 1 aliphatic rings. The van der Waals surface area contributed by atoms with Crippen LogP contribution < -0.4 is 4.74 Å². The molecule has 1 aromatic carbocycles. The van der Waals surface area contributed by atoms with Crippen molar-refractivity contribution in [1.29, 1.82) is 0 Å². The van der Waals surface area contributed by atoms with E-state index in [1.807, 2.05) is 0 Å². The highest BCUT2D eigenvalue weighted by atomic mass is 19.1. The molecule has 0 atom stereocenters. The molecule has 0 N–H and O–H groups in total. The van der Waals surface area contributed by atoms with Gasteiger partial charge in [0.05, 0.1) is 12.7 Å². The summed E-state index contributed by atoms with van der Waals surface area (Å²) >= 11 is 0. The molecule has 0 heterocycles. The number of carbonyl (C=O) groups excluding carboxylic acids is 1. The lowest BCUT2D eigenvalue weighted by molar-refractivity contribution is 0.397. The largest absolute Gasteiger partial charge is 0.496 e. The summed E-state index contributed by atoms with van der Waals surface area (Å²) in [4.78, 5) is 14.1. The van der Waals surface area contributed by atoms with E-state index in [0.29, 0.717) is 24.2 Å². The summed E-state index contributed by atoms with van der Waals surface area (Å²) < 4.78 is 19.0. The Morgan fingerprint density at radius 2 is 2.19 bits per heavy atom. The first-order valence-electron chi connectivity index (χ1n) is 5.06. The summed E-state index contributed by atoms with van der Waals surface area (Å²) in [6, 6.07) is 3.18. The Balaban J connectivity index is 2.60. The van der Waals surface area contributed by atoms with E-state index in [1.54, 1.807) is 13.0 Å². The molecular weight excluding hydrogens is 209 g/mol. The molecule has 84 valence electrons. The number of aryl methyl sites for hydroxylation is 1. The molecule has 1 aliphatic carbocycles. The van der Waals surface area contributed by atoms with E-state index in [0.717, 1.165) is 5.56 Å². The Hall–Kier alpha value is -1.67. The van der Waals surface area contributed by atoms with Crippen LogP contribution in [0.15, 0.2) is 17.1 Å². The number of isocyanates is 1. The van der Waals surface area contributed by atoms with Crippen LogP contribution in [0.2, 0.25) is 0 Å². The number of ether oxygens (including phenoxy) is 1. The molecule has 0 aromatic heterocycles. The minimum atomic E-state index is -0.731. The zero-order valence-corrected chi connectivity index (χ0v) is 9.21. The van der Waals surface area contributed by atoms with Gasteiger partial charge in [-0.1, -0.05) is 0 Å². The zero-order valence-electron chi connectivity index (χ0n) is 9.21. The fraction of sp³-hybridized carbons (Fsp3) is 0.417. The van der Waals surface area contributed by atoms with Gasteiger partial charge in [0.2, 0.25) is 6.08 Å². The van der Waals surface area contributed by atoms with Gasteiger partial charge in [-0.05, 0) is 37.5 Å². The maximum Gasteiger partial charge on any atom is 0.235 e. The van der Waals surface area contributed by atoms with E-state index in [1.165, 1.54) is 19.3 Å². The molecule has 0 saturated heterocycles. The van der Waals surface area contributed by atoms with E-state index < -0.39 is 5.54 Å². The van der Waals surface area contributed by atoms with Crippen molar-refractivity contribution in [3.8, 4) is 5.75 Å². The second kappa shape index (κ2) is 3.72. The number of aliphatic imine (C=N–C) groups is 1. The van der Waals surface area contributed by atoms with Crippen LogP contribution in [0.25, 0.3) is 0 Å². The van der Waals surface area contributed by atoms with Gasteiger partial charge in [0, 0.05) is 0 Å². The van der Waals surface area contributed by atoms with Crippen LogP contribution in [0.5, 0.6) is 5.75 Å². The third-order valence-electron chi connectivity index (χ3n) is 2.87. The van der Waals surface area contributed by atoms with E-state index in [-0.39, 0.29) is 5.82 Å². The minimum Gasteiger partial charge on any atom is -0.496 e. The summed E-state index contributed by atoms with van der Waals surface area (Å²) in [6.45, 7) is 1.79. The molecule has 0 radical (unpaired) electrons. The second-order valence-electron chi connectivity index (χ2n) is 4.06. The predicted octanol–water partition coefficient (Wildman–Crippen LogP) is 2.47. The molecule has 0 unspecified atom stereocenters. The zero-order chi connectivity index (χ0) is 11.8. The van der Waals surface area contributed by atoms with Crippen molar-refractivity contribution in [2.75, 3.05) is 7.11 Å². The standard InChI is InChI=1S/C12H12FNO2/c1-8-5-9(13)11(10(6-8)16-2)12(3-4-12)14-7-15/h5-6H,3-4H2,1-2H3. The first-order chi connectivity index (χ1) is 7.63. The van der Waals surface area contributed by atoms with Gasteiger partial charge in [-0.2, -0.15) is 4.99 Å². The summed E-state index contributed by atoms with van der Waals surface area (Å²) in [5.74, 6) is 0.0855. The van der Waals surface area contributed by atoms with Crippen molar-refractivity contribution in [2.45, 2.75) is 25.3 Å². The molecular formula is C12H12FNO2. The van der Waals surface area contributed by atoms with Gasteiger partial charge in [-0.15, -0.1) is 0 Å². The number of nitrogens with zero attached hydrogens (tertiary/aromatic N) is 1. The Morgan fingerprint density at radius 1 is 1.50 bits per heavy atom. The average Bonchev–Trinajstić information content (AvgIpc) is 2.97. The van der Waals surface area contributed by atoms with Crippen molar-refractivity contribution in [3.63, 3.8) is 0 Å². The highest BCUT2D eigenvalue weighted by molar-refractivity contribution is 5.49. The number of halogens is 1. The van der Waals surface area contributed by atoms with Gasteiger partial charge < -0.3 is 4.74 Å². The van der Waals surface area contributed by atoms with Crippen molar-refractivity contribution < 1.29 is 13.9 Å². The summed E-state index contributed by atoms with van der Waals surface area (Å²) in [5.41, 5.74) is 0.429. The highest BCUT2D eigenvalue weighted by Gasteiger charge is 2.48. The number of rotatable bonds is 3. The Kier molecular flexibility index (Phi) is 2.52. The molecule has 1 aromatic rings. The van der Waals surface area contributed by atoms with Gasteiger partial charge in [0.25, 0.3) is 0 Å². The molecule has 0 bridgehead atoms. The molecule has 3 nitrogen and oxygen atoms in total. The van der Waals surface area contributed by atoms with Crippen molar-refractivity contribution in [2.24, 2.45) is 4.99 Å². The molecule has 2 rings (SSSR count). The number of hydrogen-bond acceptors (Lipinski definition) is 3. The van der Waals surface area contributed by atoms with E-state index >= 15 is 0 Å². The summed E-state index contributed by atoms with van der Waals surface area (Å²) in [6.07, 6.45) is 2.85. The lowest BCUT2D eigenvalue weighted by Crippen LogP contribution is -2.08. The maximum atomic E-state index is 13.9. The molecule has 0 spiro atoms. The molecule has 1 fully saturated rings. The SMILES string of the molecule is COc1cc(C)cc(F)c1C1(N=C=O)CC1. The topological polar surface area (TPSA) is 38.7 Å². The van der Waals surface area contributed by atoms with Crippen LogP contribution >= 0.6 is 0 Å². The van der Waals surface area contributed by atoms with Crippen LogP contribution in [-0.4, -0.2) is 13.2 Å². The predicted molar refractivity (Wildman–Crippen MR) is 56.7 cm³/mol. The van der Waals surface area contributed by atoms with E-state index in [4.69, 9.17) is 4.74 Å². The smallest absolute Gasteiger partial charge is 0.235 e. The van der Waals surface area contributed by atoms with Gasteiger partial charge in [0.1, 0.15) is 17.1 Å². The highest BCUT2D eigenvalue weighted by Crippen LogP contribution is 2.53. The monoisotopic (exact) mass is 221 g/mol. The van der Waals surface area contributed by atoms with Gasteiger partial charge in [0.15, 0.2) is 0 Å². The molecule has 16 heavy (non-hydrogen) atoms. The number of benzene rings is 1. The lowest BCUT2D eigenvalue weighted by atomic mass is 10.0. The number of hydrogen-bond donors (Lipinski definition) is 0. The van der Waals surface area contributed by atoms with Crippen LogP contribution in [-0.2, 0) is 10.3 Å². The van der Waals surface area contributed by atoms with Crippen molar-refractivity contribution >= 4 is 6.08 Å². The molecule has 0 aliphatic heterocycles. The number of methoxy groups -OCH3 is 1. The van der Waals surface area contributed by atoms with Crippen LogP contribution in [0.4, 0.5) is 4.39 Å². The summed E-state index contributed by atoms with van der Waals surface area (Å²) in [5, 5.41) is 0. The fourth-order valence-electron chi connectivity index (χ4n) is 1.95. The molecule has 0 amide bonds. The Labute approximate surface area is 93.0 Å². The van der Waals surface area contributed by atoms with Gasteiger partial charge in [-0.3, -0.25) is 0 Å². The second-order valence-corrected chi connectivity index (χ2v) is 4.06. The lowest BCUT2D eigenvalue weighted by Gasteiger charge is -2.15. The first-order valence-corrected chi connectivity index (χ1v) is 5.06. The summed E-state index contributed by atoms with van der Waals surface area (Å²) in [7, 11) is 1.48. The Morgan fingerprint density at radius 3 is 2.69 bits per heavy atom. The third-order valence-corrected chi connectivity index (χ3v) is 2.87. The first kappa shape index (κ1) is 10.8. The minimum absolute atomic E-state index is 0.367. The van der Waals surface area contributed by atoms with Crippen molar-refractivity contribution in [3.05, 3.63) is 29.1 Å². The van der Waals surface area contributed by atoms with Crippen LogP contribution in [0, 0.1) is 12.7 Å². The van der Waals surface area contributed by atoms with Crippen molar-refractivity contribution in [1.82, 2.24) is 0 Å². The van der Waals surface area contributed by atoms with Gasteiger partial charge in [-0.25, -0.2) is 9.18 Å². The quantitative estimate of drug-likeness (QED) is 0.581. The molecule has 1 saturated carbocycles. The van der Waals surface area contributed by atoms with Gasteiger partial charge >= 0.3 is 0 Å². The third kappa shape index (κ3) is 1.61.